The van der Waals surface area contributed by atoms with E-state index in [1.807, 2.05) is 0 Å². The van der Waals surface area contributed by atoms with E-state index >= 15 is 0 Å². The van der Waals surface area contributed by atoms with Crippen LogP contribution in [0.5, 0.6) is 0 Å². The summed E-state index contributed by atoms with van der Waals surface area (Å²) in [6.45, 7) is 4.56. The Morgan fingerprint density at radius 2 is 1.68 bits per heavy atom. The third-order valence-corrected chi connectivity index (χ3v) is 5.72. The second-order valence-electron chi connectivity index (χ2n) is 6.87. The number of ketones is 1. The first-order valence-corrected chi connectivity index (χ1v) is 8.20. The summed E-state index contributed by atoms with van der Waals surface area (Å²) in [5.74, 6) is 2.31. The van der Waals surface area contributed by atoms with Gasteiger partial charge in [-0.15, -0.1) is 0 Å². The Hall–Kier alpha value is -0.370. The van der Waals surface area contributed by atoms with Crippen molar-refractivity contribution in [1.82, 2.24) is 0 Å². The minimum Gasteiger partial charge on any atom is -0.370 e. The van der Waals surface area contributed by atoms with Crippen LogP contribution in [0.4, 0.5) is 0 Å². The lowest BCUT2D eigenvalue weighted by atomic mass is 9.70. The molecule has 0 aromatic heterocycles. The Morgan fingerprint density at radius 1 is 1.11 bits per heavy atom. The molecule has 2 rings (SSSR count). The summed E-state index contributed by atoms with van der Waals surface area (Å²) < 4.78 is 5.75. The number of methoxy groups -OCH3 is 1. The molecule has 0 aliphatic heterocycles. The highest BCUT2D eigenvalue weighted by molar-refractivity contribution is 5.89. The van der Waals surface area contributed by atoms with Crippen LogP contribution in [0.25, 0.3) is 0 Å². The maximum atomic E-state index is 12.9. The van der Waals surface area contributed by atoms with Crippen molar-refractivity contribution in [3.05, 3.63) is 0 Å². The van der Waals surface area contributed by atoms with E-state index in [9.17, 15) is 4.79 Å². The predicted octanol–water partition coefficient (Wildman–Crippen LogP) is 4.37. The number of hydrogen-bond donors (Lipinski definition) is 0. The van der Waals surface area contributed by atoms with Crippen molar-refractivity contribution >= 4 is 5.78 Å². The smallest absolute Gasteiger partial charge is 0.167 e. The van der Waals surface area contributed by atoms with Crippen LogP contribution in [0.2, 0.25) is 0 Å². The highest BCUT2D eigenvalue weighted by Crippen LogP contribution is 2.40. The van der Waals surface area contributed by atoms with E-state index in [0.29, 0.717) is 5.78 Å². The number of hydrogen-bond acceptors (Lipinski definition) is 2. The van der Waals surface area contributed by atoms with Gasteiger partial charge in [0.25, 0.3) is 0 Å². The molecule has 0 unspecified atom stereocenters. The summed E-state index contributed by atoms with van der Waals surface area (Å²) in [5.41, 5.74) is -0.434. The van der Waals surface area contributed by atoms with E-state index in [2.05, 4.69) is 13.8 Å². The first-order chi connectivity index (χ1) is 9.11. The summed E-state index contributed by atoms with van der Waals surface area (Å²) in [7, 11) is 1.74. The van der Waals surface area contributed by atoms with E-state index < -0.39 is 5.60 Å². The van der Waals surface area contributed by atoms with Crippen LogP contribution < -0.4 is 0 Å². The van der Waals surface area contributed by atoms with Gasteiger partial charge in [-0.1, -0.05) is 20.3 Å². The molecule has 19 heavy (non-hydrogen) atoms. The number of rotatable bonds is 4. The van der Waals surface area contributed by atoms with Gasteiger partial charge in [0.15, 0.2) is 5.78 Å². The van der Waals surface area contributed by atoms with Gasteiger partial charge in [-0.25, -0.2) is 0 Å². The number of ether oxygens (including phenoxy) is 1. The van der Waals surface area contributed by atoms with E-state index in [-0.39, 0.29) is 5.92 Å². The summed E-state index contributed by atoms with van der Waals surface area (Å²) in [5, 5.41) is 0. The van der Waals surface area contributed by atoms with E-state index in [1.54, 1.807) is 7.11 Å². The van der Waals surface area contributed by atoms with Crippen LogP contribution in [0, 0.1) is 17.8 Å². The molecule has 0 bridgehead atoms. The minimum atomic E-state index is -0.434. The summed E-state index contributed by atoms with van der Waals surface area (Å²) >= 11 is 0. The molecule has 2 fully saturated rings. The summed E-state index contributed by atoms with van der Waals surface area (Å²) in [6.07, 6.45) is 10.1. The predicted molar refractivity (Wildman–Crippen MR) is 78.1 cm³/mol. The molecule has 0 amide bonds. The monoisotopic (exact) mass is 266 g/mol. The van der Waals surface area contributed by atoms with Gasteiger partial charge in [0.05, 0.1) is 0 Å². The summed E-state index contributed by atoms with van der Waals surface area (Å²) in [6, 6.07) is 0. The van der Waals surface area contributed by atoms with Gasteiger partial charge in [-0.2, -0.15) is 0 Å². The van der Waals surface area contributed by atoms with Crippen LogP contribution >= 0.6 is 0 Å². The molecule has 2 nitrogen and oxygen atoms in total. The third kappa shape index (κ3) is 3.21. The number of carbonyl (C=O) groups excluding carboxylic acids is 1. The van der Waals surface area contributed by atoms with Crippen LogP contribution in [-0.2, 0) is 9.53 Å². The molecule has 2 saturated carbocycles. The lowest BCUT2D eigenvalue weighted by molar-refractivity contribution is -0.151. The molecule has 0 aromatic carbocycles. The maximum Gasteiger partial charge on any atom is 0.167 e. The van der Waals surface area contributed by atoms with Crippen LogP contribution in [0.15, 0.2) is 0 Å². The highest BCUT2D eigenvalue weighted by atomic mass is 16.5. The van der Waals surface area contributed by atoms with Gasteiger partial charge < -0.3 is 4.74 Å². The largest absolute Gasteiger partial charge is 0.370 e. The van der Waals surface area contributed by atoms with Crippen molar-refractivity contribution in [1.29, 1.82) is 0 Å². The Balaban J connectivity index is 1.97. The molecule has 110 valence electrons. The van der Waals surface area contributed by atoms with Crippen molar-refractivity contribution < 1.29 is 9.53 Å². The number of carbonyl (C=O) groups is 1. The zero-order chi connectivity index (χ0) is 13.9. The lowest BCUT2D eigenvalue weighted by Crippen LogP contribution is -2.47. The molecule has 0 saturated heterocycles. The molecular weight excluding hydrogens is 236 g/mol. The van der Waals surface area contributed by atoms with Gasteiger partial charge in [0, 0.05) is 13.0 Å². The molecule has 2 aliphatic carbocycles. The Morgan fingerprint density at radius 3 is 2.16 bits per heavy atom. The number of Topliss-reactive ketones (excluding diaryl/α,β-unsaturated/α-hetero) is 1. The molecule has 0 aromatic rings. The fourth-order valence-corrected chi connectivity index (χ4v) is 3.98. The van der Waals surface area contributed by atoms with E-state index in [1.165, 1.54) is 19.3 Å². The fourth-order valence-electron chi connectivity index (χ4n) is 3.98. The third-order valence-electron chi connectivity index (χ3n) is 5.72. The van der Waals surface area contributed by atoms with Crippen molar-refractivity contribution in [3.8, 4) is 0 Å². The standard InChI is InChI=1S/C17H30O2/c1-4-14-5-7-15(8-6-14)16(18)17(19-3)11-9-13(2)10-12-17/h13-15H,4-12H2,1-3H3. The molecule has 0 radical (unpaired) electrons. The van der Waals surface area contributed by atoms with Crippen LogP contribution in [-0.4, -0.2) is 18.5 Å². The first-order valence-electron chi connectivity index (χ1n) is 8.20. The lowest BCUT2D eigenvalue weighted by Gasteiger charge is -2.40. The van der Waals surface area contributed by atoms with Crippen LogP contribution in [0.3, 0.4) is 0 Å². The topological polar surface area (TPSA) is 26.3 Å². The normalized spacial score (nSPS) is 40.1. The fraction of sp³-hybridized carbons (Fsp3) is 0.941. The van der Waals surface area contributed by atoms with E-state index in [4.69, 9.17) is 4.74 Å². The maximum absolute atomic E-state index is 12.9. The van der Waals surface area contributed by atoms with Gasteiger partial charge in [0.2, 0.25) is 0 Å². The van der Waals surface area contributed by atoms with E-state index in [0.717, 1.165) is 50.4 Å². The quantitative estimate of drug-likeness (QED) is 0.755. The van der Waals surface area contributed by atoms with Crippen molar-refractivity contribution in [3.63, 3.8) is 0 Å². The SMILES string of the molecule is CCC1CCC(C(=O)C2(OC)CCC(C)CC2)CC1. The molecule has 2 heteroatoms. The Labute approximate surface area is 118 Å². The zero-order valence-electron chi connectivity index (χ0n) is 12.9. The Kier molecular flexibility index (Phi) is 5.05. The van der Waals surface area contributed by atoms with Gasteiger partial charge in [0.1, 0.15) is 5.60 Å². The Bertz CT molecular complexity index is 294. The van der Waals surface area contributed by atoms with Gasteiger partial charge >= 0.3 is 0 Å². The highest BCUT2D eigenvalue weighted by Gasteiger charge is 2.44. The second-order valence-corrected chi connectivity index (χ2v) is 6.87. The van der Waals surface area contributed by atoms with Crippen LogP contribution in [0.1, 0.15) is 71.6 Å². The molecule has 0 atom stereocenters. The first kappa shape index (κ1) is 15.0. The molecule has 0 spiro atoms. The summed E-state index contributed by atoms with van der Waals surface area (Å²) in [4.78, 5) is 12.9. The van der Waals surface area contributed by atoms with Gasteiger partial charge in [-0.05, 0) is 63.2 Å². The molecule has 0 heterocycles. The van der Waals surface area contributed by atoms with Crippen molar-refractivity contribution in [2.24, 2.45) is 17.8 Å². The van der Waals surface area contributed by atoms with Crippen molar-refractivity contribution in [2.45, 2.75) is 77.2 Å². The van der Waals surface area contributed by atoms with Gasteiger partial charge in [-0.3, -0.25) is 4.79 Å². The average Bonchev–Trinajstić information content (AvgIpc) is 2.48. The molecule has 2 aliphatic rings. The van der Waals surface area contributed by atoms with Crippen molar-refractivity contribution in [2.75, 3.05) is 7.11 Å². The minimum absolute atomic E-state index is 0.274. The zero-order valence-corrected chi connectivity index (χ0v) is 12.9. The molecule has 0 N–H and O–H groups in total. The second kappa shape index (κ2) is 6.39. The molecular formula is C17H30O2. The average molecular weight is 266 g/mol.